The van der Waals surface area contributed by atoms with Gasteiger partial charge in [-0.15, -0.1) is 0 Å². The summed E-state index contributed by atoms with van der Waals surface area (Å²) in [4.78, 5) is 32.0. The van der Waals surface area contributed by atoms with Crippen LogP contribution in [0.3, 0.4) is 0 Å². The number of halogens is 3. The highest BCUT2D eigenvalue weighted by Crippen LogP contribution is 2.34. The van der Waals surface area contributed by atoms with E-state index in [9.17, 15) is 14.0 Å². The molecule has 204 valence electrons. The van der Waals surface area contributed by atoms with Gasteiger partial charge in [0.25, 0.3) is 5.56 Å². The molecule has 1 aliphatic rings. The number of hydrogen-bond donors (Lipinski definition) is 0. The van der Waals surface area contributed by atoms with Crippen molar-refractivity contribution in [2.75, 3.05) is 7.11 Å². The molecule has 3 aromatic carbocycles. The fourth-order valence-corrected chi connectivity index (χ4v) is 7.29. The molecular formula is C30H23BrFIN2O4S. The molecule has 0 saturated carbocycles. The van der Waals surface area contributed by atoms with E-state index in [4.69, 9.17) is 14.5 Å². The first-order valence-corrected chi connectivity index (χ1v) is 15.0. The van der Waals surface area contributed by atoms with Gasteiger partial charge in [0.1, 0.15) is 18.2 Å². The monoisotopic (exact) mass is 732 g/mol. The second-order valence-corrected chi connectivity index (χ2v) is 12.0. The van der Waals surface area contributed by atoms with Gasteiger partial charge >= 0.3 is 5.97 Å². The number of allylic oxidation sites excluding steroid dienone is 1. The van der Waals surface area contributed by atoms with Gasteiger partial charge in [-0.3, -0.25) is 9.36 Å². The maximum absolute atomic E-state index is 13.8. The van der Waals surface area contributed by atoms with Crippen LogP contribution >= 0.6 is 49.9 Å². The molecule has 0 fully saturated rings. The summed E-state index contributed by atoms with van der Waals surface area (Å²) in [5.41, 5.74) is 3.19. The summed E-state index contributed by atoms with van der Waals surface area (Å²) in [5.74, 6) is -0.141. The van der Waals surface area contributed by atoms with E-state index in [0.29, 0.717) is 32.8 Å². The van der Waals surface area contributed by atoms with Gasteiger partial charge in [0.2, 0.25) is 0 Å². The van der Waals surface area contributed by atoms with Crippen molar-refractivity contribution < 1.29 is 18.7 Å². The van der Waals surface area contributed by atoms with Gasteiger partial charge in [0.05, 0.1) is 37.0 Å². The molecular weight excluding hydrogens is 710 g/mol. The fraction of sp³-hybridized carbons (Fsp3) is 0.167. The normalized spacial score (nSPS) is 15.0. The van der Waals surface area contributed by atoms with Gasteiger partial charge in [-0.05, 0) is 92.0 Å². The minimum Gasteiger partial charge on any atom is -0.487 e. The number of fused-ring (bicyclic) bond motifs is 1. The lowest BCUT2D eigenvalue weighted by Gasteiger charge is -2.25. The zero-order chi connectivity index (χ0) is 28.4. The molecule has 0 spiro atoms. The second kappa shape index (κ2) is 12.2. The van der Waals surface area contributed by atoms with Gasteiger partial charge < -0.3 is 9.47 Å². The van der Waals surface area contributed by atoms with E-state index in [2.05, 4.69) is 38.5 Å². The number of thiazole rings is 1. The Balaban J connectivity index is 1.56. The molecule has 1 atom stereocenters. The standard InChI is InChI=1S/C30H23BrFIN2O4S/c1-3-23-25(29(37)38-2)26(19-7-5-4-6-8-19)35-28(36)24(40-30(35)34-23)15-18-13-21(31)27(22(33)14-18)39-16-17-9-11-20(32)12-10-17/h4-15,26H,3,16H2,1-2H3/b24-15-/t26-/m0/s1. The van der Waals surface area contributed by atoms with Gasteiger partial charge in [-0.25, -0.2) is 14.2 Å². The van der Waals surface area contributed by atoms with E-state index in [1.54, 1.807) is 16.7 Å². The Morgan fingerprint density at radius 2 is 1.90 bits per heavy atom. The molecule has 10 heteroatoms. The van der Waals surface area contributed by atoms with Crippen molar-refractivity contribution in [3.8, 4) is 5.75 Å². The molecule has 0 saturated heterocycles. The van der Waals surface area contributed by atoms with E-state index in [0.717, 1.165) is 24.7 Å². The summed E-state index contributed by atoms with van der Waals surface area (Å²) in [6, 6.07) is 18.8. The number of ether oxygens (including phenoxy) is 2. The highest BCUT2D eigenvalue weighted by atomic mass is 127. The van der Waals surface area contributed by atoms with Crippen LogP contribution in [0, 0.1) is 9.39 Å². The summed E-state index contributed by atoms with van der Waals surface area (Å²) in [6.07, 6.45) is 2.33. The molecule has 0 unspecified atom stereocenters. The SMILES string of the molecule is CCC1=C(C(=O)OC)[C@H](c2ccccc2)n2c(s/c(=C\c3cc(Br)c(OCc4ccc(F)cc4)c(I)c3)c2=O)=N1. The number of esters is 1. The van der Waals surface area contributed by atoms with Crippen molar-refractivity contribution in [2.24, 2.45) is 4.99 Å². The van der Waals surface area contributed by atoms with Crippen LogP contribution in [0.2, 0.25) is 0 Å². The first-order chi connectivity index (χ1) is 19.3. The van der Waals surface area contributed by atoms with Crippen molar-refractivity contribution in [1.82, 2.24) is 4.57 Å². The smallest absolute Gasteiger partial charge is 0.338 e. The minimum atomic E-state index is -0.642. The van der Waals surface area contributed by atoms with E-state index in [1.165, 1.54) is 30.6 Å². The van der Waals surface area contributed by atoms with Crippen LogP contribution in [0.4, 0.5) is 4.39 Å². The van der Waals surface area contributed by atoms with Crippen molar-refractivity contribution in [2.45, 2.75) is 26.0 Å². The summed E-state index contributed by atoms with van der Waals surface area (Å²) < 4.78 is 28.0. The maximum Gasteiger partial charge on any atom is 0.338 e. The van der Waals surface area contributed by atoms with Gasteiger partial charge in [0.15, 0.2) is 4.80 Å². The van der Waals surface area contributed by atoms with Gasteiger partial charge in [0, 0.05) is 0 Å². The number of rotatable bonds is 7. The van der Waals surface area contributed by atoms with Crippen LogP contribution < -0.4 is 19.6 Å². The topological polar surface area (TPSA) is 69.9 Å². The second-order valence-electron chi connectivity index (χ2n) is 8.93. The molecule has 0 N–H and O–H groups in total. The third kappa shape index (κ3) is 5.70. The molecule has 0 radical (unpaired) electrons. The average molecular weight is 733 g/mol. The molecule has 40 heavy (non-hydrogen) atoms. The Bertz CT molecular complexity index is 1780. The minimum absolute atomic E-state index is 0.239. The van der Waals surface area contributed by atoms with Gasteiger partial charge in [-0.2, -0.15) is 0 Å². The lowest BCUT2D eigenvalue weighted by Crippen LogP contribution is -2.40. The largest absolute Gasteiger partial charge is 0.487 e. The molecule has 1 aliphatic heterocycles. The first-order valence-electron chi connectivity index (χ1n) is 12.3. The molecule has 0 bridgehead atoms. The van der Waals surface area contributed by atoms with Crippen molar-refractivity contribution in [3.05, 3.63) is 128 Å². The number of nitrogens with zero attached hydrogens (tertiary/aromatic N) is 2. The third-order valence-corrected chi connectivity index (χ3v) is 8.75. The first kappa shape index (κ1) is 28.4. The van der Waals surface area contributed by atoms with E-state index in [1.807, 2.05) is 55.5 Å². The van der Waals surface area contributed by atoms with Crippen molar-refractivity contribution in [1.29, 1.82) is 0 Å². The maximum atomic E-state index is 13.8. The number of methoxy groups -OCH3 is 1. The Kier molecular flexibility index (Phi) is 8.67. The lowest BCUT2D eigenvalue weighted by atomic mass is 9.95. The molecule has 1 aromatic heterocycles. The average Bonchev–Trinajstić information content (AvgIpc) is 3.26. The predicted octanol–water partition coefficient (Wildman–Crippen LogP) is 5.88. The summed E-state index contributed by atoms with van der Waals surface area (Å²) in [7, 11) is 1.34. The summed E-state index contributed by atoms with van der Waals surface area (Å²) in [5, 5.41) is 0. The van der Waals surface area contributed by atoms with Gasteiger partial charge in [-0.1, -0.05) is 60.7 Å². The molecule has 5 rings (SSSR count). The number of hydrogen-bond acceptors (Lipinski definition) is 6. The predicted molar refractivity (Wildman–Crippen MR) is 164 cm³/mol. The Morgan fingerprint density at radius 1 is 1.18 bits per heavy atom. The van der Waals surface area contributed by atoms with E-state index in [-0.39, 0.29) is 18.0 Å². The fourth-order valence-electron chi connectivity index (χ4n) is 4.50. The van der Waals surface area contributed by atoms with Crippen molar-refractivity contribution in [3.63, 3.8) is 0 Å². The number of carbonyl (C=O) groups is 1. The molecule has 2 heterocycles. The Hall–Kier alpha value is -3.09. The summed E-state index contributed by atoms with van der Waals surface area (Å²) >= 11 is 7.07. The molecule has 0 aliphatic carbocycles. The molecule has 4 aromatic rings. The van der Waals surface area contributed by atoms with Crippen LogP contribution in [0.15, 0.2) is 92.3 Å². The Morgan fingerprint density at radius 3 is 2.55 bits per heavy atom. The van der Waals surface area contributed by atoms with Crippen LogP contribution in [-0.4, -0.2) is 17.6 Å². The lowest BCUT2D eigenvalue weighted by molar-refractivity contribution is -0.136. The molecule has 0 amide bonds. The zero-order valence-electron chi connectivity index (χ0n) is 21.5. The van der Waals surface area contributed by atoms with Crippen LogP contribution in [-0.2, 0) is 16.1 Å². The molecule has 6 nitrogen and oxygen atoms in total. The highest BCUT2D eigenvalue weighted by Gasteiger charge is 2.33. The zero-order valence-corrected chi connectivity index (χ0v) is 26.0. The number of benzene rings is 3. The van der Waals surface area contributed by atoms with Crippen molar-refractivity contribution >= 4 is 61.9 Å². The van der Waals surface area contributed by atoms with Crippen LogP contribution in [0.5, 0.6) is 5.75 Å². The third-order valence-electron chi connectivity index (χ3n) is 6.38. The van der Waals surface area contributed by atoms with Crippen LogP contribution in [0.1, 0.15) is 36.1 Å². The number of carbonyl (C=O) groups excluding carboxylic acids is 1. The summed E-state index contributed by atoms with van der Waals surface area (Å²) in [6.45, 7) is 2.21. The van der Waals surface area contributed by atoms with E-state index >= 15 is 0 Å². The quantitative estimate of drug-likeness (QED) is 0.176. The highest BCUT2D eigenvalue weighted by molar-refractivity contribution is 14.1. The Labute approximate surface area is 255 Å². The van der Waals surface area contributed by atoms with E-state index < -0.39 is 12.0 Å². The number of aromatic nitrogens is 1. The van der Waals surface area contributed by atoms with Crippen LogP contribution in [0.25, 0.3) is 6.08 Å².